The number of hydrogen-bond acceptors (Lipinski definition) is 4. The van der Waals surface area contributed by atoms with Gasteiger partial charge in [0.25, 0.3) is 0 Å². The van der Waals surface area contributed by atoms with E-state index in [2.05, 4.69) is 0 Å². The molecule has 0 saturated heterocycles. The summed E-state index contributed by atoms with van der Waals surface area (Å²) < 4.78 is 10.8. The maximum Gasteiger partial charge on any atom is 0.246 e. The topological polar surface area (TPSA) is 61.6 Å². The van der Waals surface area contributed by atoms with Gasteiger partial charge in [-0.25, -0.2) is 0 Å². The fourth-order valence-corrected chi connectivity index (χ4v) is 1.58. The molecule has 1 aromatic rings. The molecule has 0 fully saturated rings. The van der Waals surface area contributed by atoms with Crippen molar-refractivity contribution in [2.75, 3.05) is 13.7 Å². The summed E-state index contributed by atoms with van der Waals surface area (Å²) in [5.41, 5.74) is 0.901. The molecule has 0 heterocycles. The van der Waals surface area contributed by atoms with E-state index in [0.717, 1.165) is 12.0 Å². The van der Waals surface area contributed by atoms with Gasteiger partial charge in [0.05, 0.1) is 18.6 Å². The van der Waals surface area contributed by atoms with Gasteiger partial charge in [0.2, 0.25) is 5.70 Å². The Morgan fingerprint density at radius 2 is 2.11 bits per heavy atom. The minimum Gasteiger partial charge on any atom is -0.493 e. The van der Waals surface area contributed by atoms with E-state index in [1.54, 1.807) is 38.3 Å². The van der Waals surface area contributed by atoms with E-state index >= 15 is 0 Å². The maximum atomic E-state index is 10.8. The number of nitrogens with zero attached hydrogens (tertiary/aromatic N) is 1. The van der Waals surface area contributed by atoms with Gasteiger partial charge in [-0.3, -0.25) is 10.1 Å². The van der Waals surface area contributed by atoms with Gasteiger partial charge < -0.3 is 9.47 Å². The molecule has 5 nitrogen and oxygen atoms in total. The largest absolute Gasteiger partial charge is 0.493 e. The lowest BCUT2D eigenvalue weighted by atomic mass is 10.1. The third kappa shape index (κ3) is 4.28. The summed E-state index contributed by atoms with van der Waals surface area (Å²) in [5, 5.41) is 10.8. The molecule has 0 aliphatic carbocycles. The van der Waals surface area contributed by atoms with Crippen LogP contribution in [0.4, 0.5) is 0 Å². The van der Waals surface area contributed by atoms with E-state index in [9.17, 15) is 10.1 Å². The lowest BCUT2D eigenvalue weighted by molar-refractivity contribution is -0.425. The first kappa shape index (κ1) is 15.0. The van der Waals surface area contributed by atoms with Crippen molar-refractivity contribution in [3.05, 3.63) is 39.6 Å². The second-order valence-electron chi connectivity index (χ2n) is 4.01. The number of hydrogen-bond donors (Lipinski definition) is 0. The Hall–Kier alpha value is -2.04. The monoisotopic (exact) mass is 265 g/mol. The molecule has 0 aromatic heterocycles. The summed E-state index contributed by atoms with van der Waals surface area (Å²) in [7, 11) is 1.55. The van der Waals surface area contributed by atoms with Crippen LogP contribution >= 0.6 is 0 Å². The van der Waals surface area contributed by atoms with Gasteiger partial charge in [0, 0.05) is 12.5 Å². The number of methoxy groups -OCH3 is 1. The summed E-state index contributed by atoms with van der Waals surface area (Å²) in [6.07, 6.45) is 2.83. The molecule has 19 heavy (non-hydrogen) atoms. The number of rotatable bonds is 7. The molecule has 0 atom stereocenters. The van der Waals surface area contributed by atoms with Gasteiger partial charge in [-0.05, 0) is 24.1 Å². The van der Waals surface area contributed by atoms with E-state index in [-0.39, 0.29) is 10.6 Å². The van der Waals surface area contributed by atoms with E-state index in [1.807, 2.05) is 6.92 Å². The molecule has 1 rings (SSSR count). The average Bonchev–Trinajstić information content (AvgIpc) is 2.42. The lowest BCUT2D eigenvalue weighted by Crippen LogP contribution is -1.99. The summed E-state index contributed by atoms with van der Waals surface area (Å²) in [6, 6.07) is 5.30. The second kappa shape index (κ2) is 7.41. The minimum absolute atomic E-state index is 0.171. The summed E-state index contributed by atoms with van der Waals surface area (Å²) >= 11 is 0. The van der Waals surface area contributed by atoms with Crippen LogP contribution in [0, 0.1) is 10.1 Å². The highest BCUT2D eigenvalue weighted by atomic mass is 16.6. The summed E-state index contributed by atoms with van der Waals surface area (Å²) in [6.45, 7) is 4.39. The van der Waals surface area contributed by atoms with Crippen LogP contribution in [-0.4, -0.2) is 18.6 Å². The third-order valence-corrected chi connectivity index (χ3v) is 2.58. The maximum absolute atomic E-state index is 10.8. The quantitative estimate of drug-likeness (QED) is 0.559. The first-order chi connectivity index (χ1) is 9.12. The van der Waals surface area contributed by atoms with Gasteiger partial charge in [-0.1, -0.05) is 19.9 Å². The first-order valence-corrected chi connectivity index (χ1v) is 6.28. The van der Waals surface area contributed by atoms with Crippen molar-refractivity contribution in [1.29, 1.82) is 0 Å². The van der Waals surface area contributed by atoms with Gasteiger partial charge in [-0.2, -0.15) is 0 Å². The highest BCUT2D eigenvalue weighted by Crippen LogP contribution is 2.29. The minimum atomic E-state index is -0.367. The smallest absolute Gasteiger partial charge is 0.246 e. The van der Waals surface area contributed by atoms with E-state index in [4.69, 9.17) is 9.47 Å². The average molecular weight is 265 g/mol. The molecule has 104 valence electrons. The van der Waals surface area contributed by atoms with Crippen molar-refractivity contribution in [3.8, 4) is 11.5 Å². The Morgan fingerprint density at radius 3 is 2.63 bits per heavy atom. The second-order valence-corrected chi connectivity index (χ2v) is 4.01. The third-order valence-electron chi connectivity index (χ3n) is 2.58. The fraction of sp³-hybridized carbons (Fsp3) is 0.429. The van der Waals surface area contributed by atoms with E-state index < -0.39 is 0 Å². The number of ether oxygens (including phenoxy) is 2. The highest BCUT2D eigenvalue weighted by molar-refractivity contribution is 5.57. The van der Waals surface area contributed by atoms with Gasteiger partial charge >= 0.3 is 0 Å². The van der Waals surface area contributed by atoms with Crippen LogP contribution in [0.15, 0.2) is 23.9 Å². The van der Waals surface area contributed by atoms with Crippen LogP contribution in [0.5, 0.6) is 11.5 Å². The predicted octanol–water partition coefficient (Wildman–Crippen LogP) is 3.51. The van der Waals surface area contributed by atoms with Crippen LogP contribution in [0.1, 0.15) is 32.3 Å². The van der Waals surface area contributed by atoms with E-state index in [0.29, 0.717) is 24.5 Å². The van der Waals surface area contributed by atoms with Gasteiger partial charge in [0.1, 0.15) is 0 Å². The van der Waals surface area contributed by atoms with Gasteiger partial charge in [0.15, 0.2) is 11.5 Å². The normalized spacial score (nSPS) is 11.2. The standard InChI is InChI=1S/C14H19NO4/c1-4-8-19-13-7-6-11(10-14(13)18-3)9-12(5-2)15(16)17/h6-7,9-10H,4-5,8H2,1-3H3. The molecule has 0 radical (unpaired) electrons. The summed E-state index contributed by atoms with van der Waals surface area (Å²) in [4.78, 5) is 10.4. The molecule has 5 heteroatoms. The van der Waals surface area contributed by atoms with Crippen LogP contribution in [0.25, 0.3) is 6.08 Å². The summed E-state index contributed by atoms with van der Waals surface area (Å²) in [5.74, 6) is 1.24. The number of nitro groups is 1. The molecule has 0 unspecified atom stereocenters. The fourth-order valence-electron chi connectivity index (χ4n) is 1.58. The van der Waals surface area contributed by atoms with Crippen LogP contribution < -0.4 is 9.47 Å². The molecular weight excluding hydrogens is 246 g/mol. The molecular formula is C14H19NO4. The van der Waals surface area contributed by atoms with Crippen LogP contribution in [0.2, 0.25) is 0 Å². The molecule has 0 aliphatic rings. The van der Waals surface area contributed by atoms with E-state index in [1.165, 1.54) is 0 Å². The molecule has 0 spiro atoms. The zero-order chi connectivity index (χ0) is 14.3. The molecule has 0 N–H and O–H groups in total. The van der Waals surface area contributed by atoms with Crippen molar-refractivity contribution in [3.63, 3.8) is 0 Å². The van der Waals surface area contributed by atoms with Crippen molar-refractivity contribution < 1.29 is 14.4 Å². The molecule has 0 amide bonds. The molecule has 0 aliphatic heterocycles. The van der Waals surface area contributed by atoms with Gasteiger partial charge in [-0.15, -0.1) is 0 Å². The Morgan fingerprint density at radius 1 is 1.37 bits per heavy atom. The Labute approximate surface area is 113 Å². The highest BCUT2D eigenvalue weighted by Gasteiger charge is 2.09. The number of benzene rings is 1. The molecule has 0 bridgehead atoms. The van der Waals surface area contributed by atoms with Crippen molar-refractivity contribution >= 4 is 6.08 Å². The Balaban J connectivity index is 3.02. The zero-order valence-corrected chi connectivity index (χ0v) is 11.5. The van der Waals surface area contributed by atoms with Crippen molar-refractivity contribution in [1.82, 2.24) is 0 Å². The Kier molecular flexibility index (Phi) is 5.85. The van der Waals surface area contributed by atoms with Crippen molar-refractivity contribution in [2.45, 2.75) is 26.7 Å². The first-order valence-electron chi connectivity index (χ1n) is 6.28. The molecule has 1 aromatic carbocycles. The lowest BCUT2D eigenvalue weighted by Gasteiger charge is -2.10. The SMILES string of the molecule is CCCOc1ccc(C=C(CC)[N+](=O)[O-])cc1OC. The zero-order valence-electron chi connectivity index (χ0n) is 11.5. The van der Waals surface area contributed by atoms with Crippen LogP contribution in [-0.2, 0) is 0 Å². The predicted molar refractivity (Wildman–Crippen MR) is 74.0 cm³/mol. The van der Waals surface area contributed by atoms with Crippen LogP contribution in [0.3, 0.4) is 0 Å². The Bertz CT molecular complexity index is 469. The molecule has 0 saturated carbocycles. The van der Waals surface area contributed by atoms with Crippen molar-refractivity contribution in [2.24, 2.45) is 0 Å². The number of allylic oxidation sites excluding steroid dienone is 1.